The van der Waals surface area contributed by atoms with Crippen LogP contribution in [0.5, 0.6) is 0 Å². The van der Waals surface area contributed by atoms with E-state index in [-0.39, 0.29) is 17.9 Å². The van der Waals surface area contributed by atoms with Crippen molar-refractivity contribution in [2.45, 2.75) is 6.92 Å². The summed E-state index contributed by atoms with van der Waals surface area (Å²) in [7, 11) is 0. The molecule has 2 aromatic carbocycles. The largest absolute Gasteiger partial charge is 0.461 e. The lowest BCUT2D eigenvalue weighted by atomic mass is 10.2. The van der Waals surface area contributed by atoms with Crippen molar-refractivity contribution < 1.29 is 18.7 Å². The Morgan fingerprint density at radius 3 is 2.63 bits per heavy atom. The number of anilines is 1. The first kappa shape index (κ1) is 18.8. The second-order valence-electron chi connectivity index (χ2n) is 5.49. The minimum Gasteiger partial charge on any atom is -0.461 e. The molecule has 3 rings (SSSR count). The van der Waals surface area contributed by atoms with Gasteiger partial charge in [0.2, 0.25) is 0 Å². The zero-order valence-electron chi connectivity index (χ0n) is 14.3. The Morgan fingerprint density at radius 1 is 1.19 bits per heavy atom. The summed E-state index contributed by atoms with van der Waals surface area (Å²) in [6, 6.07) is 12.5. The molecule has 138 valence electrons. The van der Waals surface area contributed by atoms with Gasteiger partial charge in [-0.3, -0.25) is 4.79 Å². The number of halogens is 2. The van der Waals surface area contributed by atoms with Crippen LogP contribution >= 0.6 is 15.9 Å². The number of rotatable bonds is 5. The van der Waals surface area contributed by atoms with Crippen molar-refractivity contribution in [2.24, 2.45) is 0 Å². The van der Waals surface area contributed by atoms with Crippen LogP contribution in [0, 0.1) is 5.82 Å². The molecule has 0 atom stereocenters. The number of nitrogens with zero attached hydrogens (tertiary/aromatic N) is 2. The van der Waals surface area contributed by atoms with Gasteiger partial charge in [-0.05, 0) is 55.5 Å². The molecule has 0 unspecified atom stereocenters. The molecule has 27 heavy (non-hydrogen) atoms. The van der Waals surface area contributed by atoms with E-state index in [1.807, 2.05) is 0 Å². The van der Waals surface area contributed by atoms with Crippen LogP contribution in [-0.2, 0) is 4.74 Å². The van der Waals surface area contributed by atoms with E-state index < -0.39 is 17.7 Å². The van der Waals surface area contributed by atoms with Crippen LogP contribution < -0.4 is 5.32 Å². The summed E-state index contributed by atoms with van der Waals surface area (Å²) < 4.78 is 20.8. The first-order valence-electron chi connectivity index (χ1n) is 8.07. The third-order valence-electron chi connectivity index (χ3n) is 3.64. The fraction of sp³-hybridized carbons (Fsp3) is 0.105. The maximum atomic E-state index is 13.8. The normalized spacial score (nSPS) is 10.5. The monoisotopic (exact) mass is 431 g/mol. The van der Waals surface area contributed by atoms with E-state index in [4.69, 9.17) is 4.74 Å². The highest BCUT2D eigenvalue weighted by atomic mass is 79.9. The second-order valence-corrected chi connectivity index (χ2v) is 6.41. The Morgan fingerprint density at radius 2 is 1.93 bits per heavy atom. The number of aromatic nitrogens is 2. The number of carbonyl (C=O) groups is 2. The molecule has 1 heterocycles. The van der Waals surface area contributed by atoms with Crippen molar-refractivity contribution in [1.29, 1.82) is 0 Å². The molecular weight excluding hydrogens is 417 g/mol. The average Bonchev–Trinajstić information content (AvgIpc) is 3.15. The minimum atomic E-state index is -0.602. The van der Waals surface area contributed by atoms with Crippen LogP contribution in [0.2, 0.25) is 0 Å². The maximum Gasteiger partial charge on any atom is 0.358 e. The van der Waals surface area contributed by atoms with Gasteiger partial charge in [-0.15, -0.1) is 0 Å². The summed E-state index contributed by atoms with van der Waals surface area (Å²) in [4.78, 5) is 23.9. The molecular formula is C19H15BrFN3O3. The molecule has 0 spiro atoms. The van der Waals surface area contributed by atoms with E-state index in [9.17, 15) is 14.0 Å². The van der Waals surface area contributed by atoms with Crippen LogP contribution in [-0.4, -0.2) is 28.3 Å². The fourth-order valence-corrected chi connectivity index (χ4v) is 2.71. The van der Waals surface area contributed by atoms with Gasteiger partial charge in [0, 0.05) is 16.4 Å². The fourth-order valence-electron chi connectivity index (χ4n) is 2.35. The van der Waals surface area contributed by atoms with Crippen molar-refractivity contribution in [3.8, 4) is 5.69 Å². The third kappa shape index (κ3) is 4.40. The summed E-state index contributed by atoms with van der Waals surface area (Å²) >= 11 is 3.22. The number of carbonyl (C=O) groups excluding carboxylic acids is 2. The van der Waals surface area contributed by atoms with E-state index in [0.29, 0.717) is 15.8 Å². The van der Waals surface area contributed by atoms with Crippen LogP contribution in [0.15, 0.2) is 59.2 Å². The van der Waals surface area contributed by atoms with Crippen LogP contribution in [0.4, 0.5) is 10.1 Å². The van der Waals surface area contributed by atoms with Crippen LogP contribution in [0.25, 0.3) is 5.69 Å². The number of benzene rings is 2. The van der Waals surface area contributed by atoms with Gasteiger partial charge in [-0.25, -0.2) is 13.9 Å². The summed E-state index contributed by atoms with van der Waals surface area (Å²) in [5.41, 5.74) is 1.34. The number of esters is 1. The van der Waals surface area contributed by atoms with Gasteiger partial charge in [0.05, 0.1) is 17.9 Å². The van der Waals surface area contributed by atoms with Gasteiger partial charge < -0.3 is 10.1 Å². The molecule has 0 fully saturated rings. The highest BCUT2D eigenvalue weighted by Crippen LogP contribution is 2.18. The zero-order chi connectivity index (χ0) is 19.4. The second kappa shape index (κ2) is 8.13. The summed E-state index contributed by atoms with van der Waals surface area (Å²) in [6.45, 7) is 2.00. The van der Waals surface area contributed by atoms with Crippen molar-refractivity contribution in [2.75, 3.05) is 11.9 Å². The lowest BCUT2D eigenvalue weighted by Gasteiger charge is -2.08. The molecule has 0 bridgehead atoms. The van der Waals surface area contributed by atoms with Crippen molar-refractivity contribution in [3.05, 3.63) is 76.3 Å². The molecule has 0 saturated heterocycles. The highest BCUT2D eigenvalue weighted by molar-refractivity contribution is 9.10. The van der Waals surface area contributed by atoms with Gasteiger partial charge in [-0.2, -0.15) is 5.10 Å². The topological polar surface area (TPSA) is 73.2 Å². The van der Waals surface area contributed by atoms with Crippen LogP contribution in [0.3, 0.4) is 0 Å². The Kier molecular flexibility index (Phi) is 5.66. The molecule has 1 aromatic heterocycles. The zero-order valence-corrected chi connectivity index (χ0v) is 15.9. The molecule has 6 nitrogen and oxygen atoms in total. The molecule has 0 radical (unpaired) electrons. The number of amides is 1. The van der Waals surface area contributed by atoms with E-state index in [0.717, 1.165) is 0 Å². The molecule has 0 saturated carbocycles. The lowest BCUT2D eigenvalue weighted by molar-refractivity contribution is 0.0519. The van der Waals surface area contributed by atoms with E-state index in [1.54, 1.807) is 43.5 Å². The van der Waals surface area contributed by atoms with Gasteiger partial charge in [0.15, 0.2) is 5.69 Å². The number of nitrogens with one attached hydrogen (secondary N) is 1. The number of hydrogen-bond acceptors (Lipinski definition) is 4. The quantitative estimate of drug-likeness (QED) is 0.614. The SMILES string of the molecule is CCOC(=O)c1ccn(-c2ccc(NC(=O)c3cc(Br)ccc3F)cc2)n1. The average molecular weight is 432 g/mol. The third-order valence-corrected chi connectivity index (χ3v) is 4.13. The number of hydrogen-bond donors (Lipinski definition) is 1. The summed E-state index contributed by atoms with van der Waals surface area (Å²) in [6.07, 6.45) is 1.64. The molecule has 8 heteroatoms. The molecule has 1 N–H and O–H groups in total. The number of ether oxygens (including phenoxy) is 1. The molecule has 0 aliphatic carbocycles. The van der Waals surface area contributed by atoms with Gasteiger partial charge in [0.1, 0.15) is 5.82 Å². The van der Waals surface area contributed by atoms with Crippen molar-refractivity contribution in [3.63, 3.8) is 0 Å². The Hall–Kier alpha value is -3.00. The van der Waals surface area contributed by atoms with Crippen molar-refractivity contribution in [1.82, 2.24) is 9.78 Å². The molecule has 0 aliphatic heterocycles. The first-order valence-corrected chi connectivity index (χ1v) is 8.87. The van der Waals surface area contributed by atoms with Gasteiger partial charge in [-0.1, -0.05) is 15.9 Å². The Balaban J connectivity index is 1.73. The van der Waals surface area contributed by atoms with Crippen LogP contribution in [0.1, 0.15) is 27.8 Å². The van der Waals surface area contributed by atoms with E-state index in [1.165, 1.54) is 22.9 Å². The highest BCUT2D eigenvalue weighted by Gasteiger charge is 2.13. The summed E-state index contributed by atoms with van der Waals surface area (Å²) in [5, 5.41) is 6.80. The maximum absolute atomic E-state index is 13.8. The lowest BCUT2D eigenvalue weighted by Crippen LogP contribution is -2.13. The van der Waals surface area contributed by atoms with Gasteiger partial charge >= 0.3 is 5.97 Å². The predicted octanol–water partition coefficient (Wildman–Crippen LogP) is 4.20. The summed E-state index contributed by atoms with van der Waals surface area (Å²) in [5.74, 6) is -1.64. The molecule has 3 aromatic rings. The molecule has 0 aliphatic rings. The predicted molar refractivity (Wildman–Crippen MR) is 102 cm³/mol. The molecule has 1 amide bonds. The van der Waals surface area contributed by atoms with E-state index >= 15 is 0 Å². The first-order chi connectivity index (χ1) is 13.0. The Labute approximate surface area is 163 Å². The van der Waals surface area contributed by atoms with Crippen molar-refractivity contribution >= 4 is 33.5 Å². The smallest absolute Gasteiger partial charge is 0.358 e. The van der Waals surface area contributed by atoms with E-state index in [2.05, 4.69) is 26.3 Å². The minimum absolute atomic E-state index is 0.0559. The van der Waals surface area contributed by atoms with Gasteiger partial charge in [0.25, 0.3) is 5.91 Å². The standard InChI is InChI=1S/C19H15BrFN3O3/c1-2-27-19(26)17-9-10-24(23-17)14-6-4-13(5-7-14)22-18(25)15-11-12(20)3-8-16(15)21/h3-11H,2H2,1H3,(H,22,25). The Bertz CT molecular complexity index is 986.